The van der Waals surface area contributed by atoms with Gasteiger partial charge in [0.15, 0.2) is 0 Å². The maximum absolute atomic E-state index is 12.8. The Bertz CT molecular complexity index is 662. The lowest BCUT2D eigenvalue weighted by atomic mass is 10.1. The molecule has 2 atom stereocenters. The highest BCUT2D eigenvalue weighted by molar-refractivity contribution is 7.80. The Kier molecular flexibility index (Phi) is 4.57. The van der Waals surface area contributed by atoms with E-state index >= 15 is 0 Å². The molecule has 0 bridgehead atoms. The number of anilines is 1. The molecule has 0 aliphatic carbocycles. The van der Waals surface area contributed by atoms with Gasteiger partial charge in [0.1, 0.15) is 0 Å². The number of nitrogens with zero attached hydrogens (tertiary/aromatic N) is 3. The first-order valence-electron chi connectivity index (χ1n) is 7.83. The molecule has 0 radical (unpaired) electrons. The average Bonchev–Trinajstić information content (AvgIpc) is 2.55. The second-order valence-electron chi connectivity index (χ2n) is 6.07. The Morgan fingerprint density at radius 2 is 1.78 bits per heavy atom. The second kappa shape index (κ2) is 6.62. The van der Waals surface area contributed by atoms with Gasteiger partial charge in [-0.3, -0.25) is 9.78 Å². The van der Waals surface area contributed by atoms with E-state index in [1.807, 2.05) is 23.1 Å². The standard InChI is InChI=1S/C18H21N3OS/c1-13-11-20(16-5-7-17(23)8-6-16)12-14(2)21(13)18(22)15-4-3-9-19-10-15/h3-10,13-14,23H,11-12H2,1-2H3. The fourth-order valence-corrected chi connectivity index (χ4v) is 3.38. The fourth-order valence-electron chi connectivity index (χ4n) is 3.24. The topological polar surface area (TPSA) is 36.4 Å². The number of piperazine rings is 1. The molecule has 23 heavy (non-hydrogen) atoms. The molecule has 4 nitrogen and oxygen atoms in total. The summed E-state index contributed by atoms with van der Waals surface area (Å²) in [5, 5.41) is 0. The predicted octanol–water partition coefficient (Wildman–Crippen LogP) is 3.11. The van der Waals surface area contributed by atoms with E-state index in [-0.39, 0.29) is 18.0 Å². The first kappa shape index (κ1) is 15.9. The normalized spacial score (nSPS) is 21.3. The van der Waals surface area contributed by atoms with E-state index in [2.05, 4.69) is 48.5 Å². The van der Waals surface area contributed by atoms with Crippen LogP contribution in [0.1, 0.15) is 24.2 Å². The van der Waals surface area contributed by atoms with Crippen molar-refractivity contribution in [3.63, 3.8) is 0 Å². The van der Waals surface area contributed by atoms with Crippen molar-refractivity contribution in [2.24, 2.45) is 0 Å². The number of hydrogen-bond acceptors (Lipinski definition) is 4. The highest BCUT2D eigenvalue weighted by atomic mass is 32.1. The maximum atomic E-state index is 12.8. The van der Waals surface area contributed by atoms with Gasteiger partial charge in [-0.15, -0.1) is 12.6 Å². The SMILES string of the molecule is CC1CN(c2ccc(S)cc2)CC(C)N1C(=O)c1cccnc1. The zero-order valence-electron chi connectivity index (χ0n) is 13.4. The van der Waals surface area contributed by atoms with Crippen LogP contribution >= 0.6 is 12.6 Å². The average molecular weight is 327 g/mol. The summed E-state index contributed by atoms with van der Waals surface area (Å²) in [6.45, 7) is 5.85. The van der Waals surface area contributed by atoms with Gasteiger partial charge in [-0.1, -0.05) is 0 Å². The molecule has 1 aliphatic heterocycles. The van der Waals surface area contributed by atoms with Gasteiger partial charge in [0.25, 0.3) is 5.91 Å². The number of pyridine rings is 1. The number of thiol groups is 1. The number of carbonyl (C=O) groups excluding carboxylic acids is 1. The van der Waals surface area contributed by atoms with Crippen LogP contribution in [0, 0.1) is 0 Å². The van der Waals surface area contributed by atoms with Crippen LogP contribution in [0.3, 0.4) is 0 Å². The van der Waals surface area contributed by atoms with Crippen LogP contribution in [0.2, 0.25) is 0 Å². The van der Waals surface area contributed by atoms with Crippen LogP contribution in [0.15, 0.2) is 53.7 Å². The number of amides is 1. The van der Waals surface area contributed by atoms with Crippen molar-refractivity contribution in [1.29, 1.82) is 0 Å². The van der Waals surface area contributed by atoms with Gasteiger partial charge in [0, 0.05) is 48.1 Å². The Morgan fingerprint density at radius 1 is 1.13 bits per heavy atom. The van der Waals surface area contributed by atoms with Crippen molar-refractivity contribution >= 4 is 24.2 Å². The summed E-state index contributed by atoms with van der Waals surface area (Å²) in [4.78, 5) is 22.1. The van der Waals surface area contributed by atoms with E-state index in [0.717, 1.165) is 18.0 Å². The summed E-state index contributed by atoms with van der Waals surface area (Å²) in [7, 11) is 0. The second-order valence-corrected chi connectivity index (χ2v) is 6.59. The van der Waals surface area contributed by atoms with Gasteiger partial charge >= 0.3 is 0 Å². The zero-order chi connectivity index (χ0) is 16.4. The fraction of sp³-hybridized carbons (Fsp3) is 0.333. The van der Waals surface area contributed by atoms with Crippen LogP contribution in [-0.2, 0) is 0 Å². The van der Waals surface area contributed by atoms with Crippen molar-refractivity contribution in [1.82, 2.24) is 9.88 Å². The third-order valence-corrected chi connectivity index (χ3v) is 4.57. The van der Waals surface area contributed by atoms with Gasteiger partial charge in [0.05, 0.1) is 5.56 Å². The number of rotatable bonds is 2. The van der Waals surface area contributed by atoms with Crippen molar-refractivity contribution in [2.75, 3.05) is 18.0 Å². The third kappa shape index (κ3) is 3.34. The van der Waals surface area contributed by atoms with E-state index in [4.69, 9.17) is 0 Å². The largest absolute Gasteiger partial charge is 0.367 e. The minimum absolute atomic E-state index is 0.0588. The zero-order valence-corrected chi connectivity index (χ0v) is 14.3. The smallest absolute Gasteiger partial charge is 0.256 e. The Morgan fingerprint density at radius 3 is 2.35 bits per heavy atom. The van der Waals surface area contributed by atoms with Crippen LogP contribution in [0.4, 0.5) is 5.69 Å². The first-order chi connectivity index (χ1) is 11.1. The molecule has 2 heterocycles. The van der Waals surface area contributed by atoms with Crippen LogP contribution < -0.4 is 4.90 Å². The lowest BCUT2D eigenvalue weighted by Gasteiger charge is -2.45. The van der Waals surface area contributed by atoms with Crippen LogP contribution in [-0.4, -0.2) is 41.0 Å². The maximum Gasteiger partial charge on any atom is 0.256 e. The molecule has 2 unspecified atom stereocenters. The lowest BCUT2D eigenvalue weighted by Crippen LogP contribution is -2.58. The first-order valence-corrected chi connectivity index (χ1v) is 8.27. The Hall–Kier alpha value is -2.01. The molecule has 1 fully saturated rings. The number of hydrogen-bond donors (Lipinski definition) is 1. The molecule has 2 aromatic rings. The summed E-state index contributed by atoms with van der Waals surface area (Å²) in [5.74, 6) is 0.0588. The number of aromatic nitrogens is 1. The highest BCUT2D eigenvalue weighted by Gasteiger charge is 2.33. The van der Waals surface area contributed by atoms with Gasteiger partial charge in [0.2, 0.25) is 0 Å². The molecular weight excluding hydrogens is 306 g/mol. The summed E-state index contributed by atoms with van der Waals surface area (Å²) in [6.07, 6.45) is 3.33. The van der Waals surface area contributed by atoms with Crippen molar-refractivity contribution in [2.45, 2.75) is 30.8 Å². The number of carbonyl (C=O) groups is 1. The molecule has 1 aromatic heterocycles. The predicted molar refractivity (Wildman–Crippen MR) is 95.2 cm³/mol. The molecule has 1 aromatic carbocycles. The molecule has 1 aliphatic rings. The molecule has 1 saturated heterocycles. The summed E-state index contributed by atoms with van der Waals surface area (Å²) in [5.41, 5.74) is 1.83. The van der Waals surface area contributed by atoms with Crippen molar-refractivity contribution in [3.05, 3.63) is 54.4 Å². The third-order valence-electron chi connectivity index (χ3n) is 4.28. The molecule has 3 rings (SSSR count). The van der Waals surface area contributed by atoms with E-state index < -0.39 is 0 Å². The minimum Gasteiger partial charge on any atom is -0.367 e. The van der Waals surface area contributed by atoms with Crippen molar-refractivity contribution < 1.29 is 4.79 Å². The highest BCUT2D eigenvalue weighted by Crippen LogP contribution is 2.24. The monoisotopic (exact) mass is 327 g/mol. The lowest BCUT2D eigenvalue weighted by molar-refractivity contribution is 0.0574. The molecular formula is C18H21N3OS. The Balaban J connectivity index is 1.77. The Labute approximate surface area is 142 Å². The summed E-state index contributed by atoms with van der Waals surface area (Å²) < 4.78 is 0. The molecule has 5 heteroatoms. The van der Waals surface area contributed by atoms with Gasteiger partial charge in [-0.05, 0) is 50.2 Å². The molecule has 0 N–H and O–H groups in total. The van der Waals surface area contributed by atoms with E-state index in [0.29, 0.717) is 5.56 Å². The molecule has 1 amide bonds. The van der Waals surface area contributed by atoms with E-state index in [1.165, 1.54) is 5.69 Å². The van der Waals surface area contributed by atoms with E-state index in [9.17, 15) is 4.79 Å². The summed E-state index contributed by atoms with van der Waals surface area (Å²) >= 11 is 4.34. The quantitative estimate of drug-likeness (QED) is 0.861. The molecule has 0 spiro atoms. The minimum atomic E-state index is 0.0588. The van der Waals surface area contributed by atoms with Gasteiger partial charge in [-0.2, -0.15) is 0 Å². The van der Waals surface area contributed by atoms with E-state index in [1.54, 1.807) is 18.5 Å². The van der Waals surface area contributed by atoms with Crippen molar-refractivity contribution in [3.8, 4) is 0 Å². The van der Waals surface area contributed by atoms with Gasteiger partial charge < -0.3 is 9.80 Å². The molecule has 120 valence electrons. The molecule has 0 saturated carbocycles. The summed E-state index contributed by atoms with van der Waals surface area (Å²) in [6, 6.07) is 12.1. The van der Waals surface area contributed by atoms with Crippen LogP contribution in [0.25, 0.3) is 0 Å². The number of benzene rings is 1. The van der Waals surface area contributed by atoms with Gasteiger partial charge in [-0.25, -0.2) is 0 Å². The van der Waals surface area contributed by atoms with Crippen LogP contribution in [0.5, 0.6) is 0 Å².